The van der Waals surface area contributed by atoms with Gasteiger partial charge >= 0.3 is 0 Å². The number of nitrogens with zero attached hydrogens (tertiary/aromatic N) is 1. The first-order valence-electron chi connectivity index (χ1n) is 4.50. The van der Waals surface area contributed by atoms with Crippen molar-refractivity contribution in [1.29, 1.82) is 0 Å². The Labute approximate surface area is 92.0 Å². The zero-order valence-electron chi connectivity index (χ0n) is 8.52. The lowest BCUT2D eigenvalue weighted by molar-refractivity contribution is 0.373. The van der Waals surface area contributed by atoms with E-state index in [1.165, 1.54) is 7.11 Å². The van der Waals surface area contributed by atoms with E-state index in [0.717, 1.165) is 15.4 Å². The molecule has 2 rings (SSSR count). The van der Waals surface area contributed by atoms with Crippen molar-refractivity contribution in [3.05, 3.63) is 29.3 Å². The van der Waals surface area contributed by atoms with E-state index in [1.807, 2.05) is 19.2 Å². The summed E-state index contributed by atoms with van der Waals surface area (Å²) >= 11 is 1.62. The van der Waals surface area contributed by atoms with Crippen molar-refractivity contribution in [3.63, 3.8) is 0 Å². The molecule has 0 unspecified atom stereocenters. The minimum Gasteiger partial charge on any atom is -0.504 e. The van der Waals surface area contributed by atoms with Gasteiger partial charge in [0.2, 0.25) is 0 Å². The van der Waals surface area contributed by atoms with Crippen molar-refractivity contribution < 1.29 is 9.84 Å². The standard InChI is InChI=1S/C11H11NO2S/c1-7-6-12-11(15-7)8-3-4-9(13)10(5-8)14-2/h3-6,13H,1-2H3. The number of benzene rings is 1. The molecule has 0 saturated heterocycles. The first-order chi connectivity index (χ1) is 7.20. The van der Waals surface area contributed by atoms with Crippen LogP contribution in [0.5, 0.6) is 11.5 Å². The fraction of sp³-hybridized carbons (Fsp3) is 0.182. The van der Waals surface area contributed by atoms with Crippen LogP contribution in [0, 0.1) is 6.92 Å². The summed E-state index contributed by atoms with van der Waals surface area (Å²) in [7, 11) is 1.53. The molecule has 0 spiro atoms. The summed E-state index contributed by atoms with van der Waals surface area (Å²) in [5, 5.41) is 10.4. The van der Waals surface area contributed by atoms with E-state index in [2.05, 4.69) is 4.98 Å². The molecule has 3 nitrogen and oxygen atoms in total. The average Bonchev–Trinajstić information content (AvgIpc) is 2.66. The van der Waals surface area contributed by atoms with Crippen molar-refractivity contribution in [2.24, 2.45) is 0 Å². The number of thiazole rings is 1. The third-order valence-corrected chi connectivity index (χ3v) is 3.01. The summed E-state index contributed by atoms with van der Waals surface area (Å²) in [4.78, 5) is 5.44. The van der Waals surface area contributed by atoms with E-state index in [-0.39, 0.29) is 5.75 Å². The van der Waals surface area contributed by atoms with Crippen LogP contribution in [-0.2, 0) is 0 Å². The lowest BCUT2D eigenvalue weighted by atomic mass is 10.2. The molecule has 0 bridgehead atoms. The number of hydrogen-bond donors (Lipinski definition) is 1. The van der Waals surface area contributed by atoms with Gasteiger partial charge in [0.15, 0.2) is 11.5 Å². The summed E-state index contributed by atoms with van der Waals surface area (Å²) < 4.78 is 5.04. The molecule has 0 amide bonds. The summed E-state index contributed by atoms with van der Waals surface area (Å²) in [6, 6.07) is 5.23. The van der Waals surface area contributed by atoms with Gasteiger partial charge in [-0.05, 0) is 25.1 Å². The van der Waals surface area contributed by atoms with Gasteiger partial charge in [-0.1, -0.05) is 0 Å². The van der Waals surface area contributed by atoms with Gasteiger partial charge in [0, 0.05) is 16.6 Å². The molecule has 1 N–H and O–H groups in total. The number of phenols is 1. The van der Waals surface area contributed by atoms with Gasteiger partial charge < -0.3 is 9.84 Å². The summed E-state index contributed by atoms with van der Waals surface area (Å²) in [5.74, 6) is 0.620. The second kappa shape index (κ2) is 3.90. The maximum absolute atomic E-state index is 9.45. The molecule has 0 atom stereocenters. The normalized spacial score (nSPS) is 10.3. The minimum atomic E-state index is 0.148. The molecule has 1 aromatic carbocycles. The average molecular weight is 221 g/mol. The van der Waals surface area contributed by atoms with E-state index in [0.29, 0.717) is 5.75 Å². The summed E-state index contributed by atoms with van der Waals surface area (Å²) in [5.41, 5.74) is 0.961. The minimum absolute atomic E-state index is 0.148. The quantitative estimate of drug-likeness (QED) is 0.847. The Morgan fingerprint density at radius 1 is 1.40 bits per heavy atom. The molecule has 0 aliphatic heterocycles. The van der Waals surface area contributed by atoms with E-state index < -0.39 is 0 Å². The highest BCUT2D eigenvalue weighted by Crippen LogP contribution is 2.32. The van der Waals surface area contributed by atoms with Crippen LogP contribution in [0.1, 0.15) is 4.88 Å². The van der Waals surface area contributed by atoms with Gasteiger partial charge in [-0.15, -0.1) is 11.3 Å². The number of aromatic nitrogens is 1. The van der Waals surface area contributed by atoms with E-state index in [1.54, 1.807) is 23.5 Å². The number of aryl methyl sites for hydroxylation is 1. The Morgan fingerprint density at radius 2 is 2.20 bits per heavy atom. The number of methoxy groups -OCH3 is 1. The molecular formula is C11H11NO2S. The maximum atomic E-state index is 9.45. The highest BCUT2D eigenvalue weighted by Gasteiger charge is 2.06. The third-order valence-electron chi connectivity index (χ3n) is 2.05. The number of aromatic hydroxyl groups is 1. The van der Waals surface area contributed by atoms with Gasteiger partial charge in [-0.3, -0.25) is 0 Å². The summed E-state index contributed by atoms with van der Waals surface area (Å²) in [6.45, 7) is 2.01. The fourth-order valence-electron chi connectivity index (χ4n) is 1.30. The molecule has 0 radical (unpaired) electrons. The lowest BCUT2D eigenvalue weighted by Gasteiger charge is -2.04. The molecule has 4 heteroatoms. The number of ether oxygens (including phenoxy) is 1. The fourth-order valence-corrected chi connectivity index (χ4v) is 2.06. The molecule has 0 fully saturated rings. The van der Waals surface area contributed by atoms with Crippen molar-refractivity contribution in [3.8, 4) is 22.1 Å². The van der Waals surface area contributed by atoms with Crippen LogP contribution in [0.15, 0.2) is 24.4 Å². The van der Waals surface area contributed by atoms with Crippen LogP contribution in [0.3, 0.4) is 0 Å². The zero-order chi connectivity index (χ0) is 10.8. The van der Waals surface area contributed by atoms with Crippen LogP contribution in [0.4, 0.5) is 0 Å². The molecule has 78 valence electrons. The van der Waals surface area contributed by atoms with E-state index >= 15 is 0 Å². The smallest absolute Gasteiger partial charge is 0.161 e. The van der Waals surface area contributed by atoms with Crippen molar-refractivity contribution >= 4 is 11.3 Å². The topological polar surface area (TPSA) is 42.4 Å². The molecule has 0 saturated carbocycles. The van der Waals surface area contributed by atoms with Crippen molar-refractivity contribution in [1.82, 2.24) is 4.98 Å². The molecular weight excluding hydrogens is 210 g/mol. The van der Waals surface area contributed by atoms with Crippen molar-refractivity contribution in [2.45, 2.75) is 6.92 Å². The van der Waals surface area contributed by atoms with Crippen LogP contribution < -0.4 is 4.74 Å². The predicted molar refractivity (Wildman–Crippen MR) is 60.5 cm³/mol. The molecule has 0 aliphatic carbocycles. The predicted octanol–water partition coefficient (Wildman–Crippen LogP) is 2.83. The first kappa shape index (κ1) is 9.98. The largest absolute Gasteiger partial charge is 0.504 e. The number of hydrogen-bond acceptors (Lipinski definition) is 4. The maximum Gasteiger partial charge on any atom is 0.161 e. The van der Waals surface area contributed by atoms with Crippen LogP contribution in [0.2, 0.25) is 0 Å². The van der Waals surface area contributed by atoms with Crippen LogP contribution in [-0.4, -0.2) is 17.2 Å². The molecule has 15 heavy (non-hydrogen) atoms. The molecule has 1 heterocycles. The Bertz CT molecular complexity index is 479. The highest BCUT2D eigenvalue weighted by atomic mass is 32.1. The van der Waals surface area contributed by atoms with Gasteiger partial charge in [0.05, 0.1) is 7.11 Å². The summed E-state index contributed by atoms with van der Waals surface area (Å²) in [6.07, 6.45) is 1.83. The highest BCUT2D eigenvalue weighted by molar-refractivity contribution is 7.14. The number of rotatable bonds is 2. The second-order valence-corrected chi connectivity index (χ2v) is 4.40. The monoisotopic (exact) mass is 221 g/mol. The van der Waals surface area contributed by atoms with Crippen molar-refractivity contribution in [2.75, 3.05) is 7.11 Å². The van der Waals surface area contributed by atoms with E-state index in [4.69, 9.17) is 4.74 Å². The van der Waals surface area contributed by atoms with Crippen LogP contribution in [0.25, 0.3) is 10.6 Å². The second-order valence-electron chi connectivity index (χ2n) is 3.16. The van der Waals surface area contributed by atoms with Gasteiger partial charge in [0.25, 0.3) is 0 Å². The Hall–Kier alpha value is -1.55. The van der Waals surface area contributed by atoms with E-state index in [9.17, 15) is 5.11 Å². The Morgan fingerprint density at radius 3 is 2.80 bits per heavy atom. The first-order valence-corrected chi connectivity index (χ1v) is 5.32. The third kappa shape index (κ3) is 1.94. The Kier molecular flexibility index (Phi) is 2.60. The Balaban J connectivity index is 2.45. The van der Waals surface area contributed by atoms with Crippen LogP contribution >= 0.6 is 11.3 Å². The van der Waals surface area contributed by atoms with Gasteiger partial charge in [0.1, 0.15) is 5.01 Å². The SMILES string of the molecule is COc1cc(-c2ncc(C)s2)ccc1O. The van der Waals surface area contributed by atoms with Gasteiger partial charge in [-0.2, -0.15) is 0 Å². The number of phenolic OH excluding ortho intramolecular Hbond substituents is 1. The molecule has 2 aromatic rings. The molecule has 0 aliphatic rings. The zero-order valence-corrected chi connectivity index (χ0v) is 9.34. The lowest BCUT2D eigenvalue weighted by Crippen LogP contribution is -1.84. The van der Waals surface area contributed by atoms with Gasteiger partial charge in [-0.25, -0.2) is 4.98 Å². The molecule has 1 aromatic heterocycles.